The summed E-state index contributed by atoms with van der Waals surface area (Å²) in [5.41, 5.74) is 2.17. The fourth-order valence-corrected chi connectivity index (χ4v) is 5.00. The van der Waals surface area contributed by atoms with Crippen LogP contribution in [0.4, 0.5) is 15.8 Å². The van der Waals surface area contributed by atoms with Gasteiger partial charge in [-0.3, -0.25) is 9.69 Å². The highest BCUT2D eigenvalue weighted by molar-refractivity contribution is 7.89. The van der Waals surface area contributed by atoms with Gasteiger partial charge in [-0.15, -0.1) is 0 Å². The lowest BCUT2D eigenvalue weighted by Crippen LogP contribution is -2.47. The molecule has 3 rings (SSSR count). The summed E-state index contributed by atoms with van der Waals surface area (Å²) in [5, 5.41) is 2.65. The molecule has 168 valence electrons. The Morgan fingerprint density at radius 2 is 1.74 bits per heavy atom. The number of halogens is 1. The van der Waals surface area contributed by atoms with Crippen LogP contribution in [0.15, 0.2) is 47.4 Å². The second-order valence-corrected chi connectivity index (χ2v) is 9.45. The van der Waals surface area contributed by atoms with E-state index in [1.54, 1.807) is 31.2 Å². The van der Waals surface area contributed by atoms with Crippen molar-refractivity contribution in [3.05, 3.63) is 53.8 Å². The minimum atomic E-state index is -3.61. The molecule has 2 aromatic rings. The summed E-state index contributed by atoms with van der Waals surface area (Å²) < 4.78 is 41.0. The van der Waals surface area contributed by atoms with Gasteiger partial charge in [-0.2, -0.15) is 0 Å². The molecule has 1 fully saturated rings. The van der Waals surface area contributed by atoms with Crippen LogP contribution < -0.4 is 14.9 Å². The summed E-state index contributed by atoms with van der Waals surface area (Å²) in [6.45, 7) is 7.76. The van der Waals surface area contributed by atoms with E-state index in [0.717, 1.165) is 38.4 Å². The number of carbonyl (C=O) groups is 1. The van der Waals surface area contributed by atoms with Gasteiger partial charge in [-0.05, 0) is 67.9 Å². The Morgan fingerprint density at radius 1 is 1.06 bits per heavy atom. The number of benzene rings is 2. The molecule has 0 radical (unpaired) electrons. The first-order valence-electron chi connectivity index (χ1n) is 10.4. The molecule has 0 bridgehead atoms. The van der Waals surface area contributed by atoms with E-state index >= 15 is 0 Å². The second-order valence-electron chi connectivity index (χ2n) is 7.72. The Balaban J connectivity index is 1.43. The summed E-state index contributed by atoms with van der Waals surface area (Å²) >= 11 is 0. The van der Waals surface area contributed by atoms with Crippen molar-refractivity contribution < 1.29 is 17.6 Å². The first kappa shape index (κ1) is 23.2. The number of piperazine rings is 1. The van der Waals surface area contributed by atoms with E-state index in [1.807, 2.05) is 0 Å². The van der Waals surface area contributed by atoms with Crippen LogP contribution in [0.1, 0.15) is 18.9 Å². The van der Waals surface area contributed by atoms with Crippen LogP contribution in [-0.4, -0.2) is 58.5 Å². The third-order valence-corrected chi connectivity index (χ3v) is 6.91. The lowest BCUT2D eigenvalue weighted by atomic mass is 10.2. The number of hydrogen-bond acceptors (Lipinski definition) is 5. The van der Waals surface area contributed by atoms with Crippen LogP contribution in [0.3, 0.4) is 0 Å². The number of anilines is 2. The number of nitrogens with zero attached hydrogens (tertiary/aromatic N) is 2. The van der Waals surface area contributed by atoms with E-state index < -0.39 is 10.0 Å². The minimum absolute atomic E-state index is 0.202. The van der Waals surface area contributed by atoms with Crippen LogP contribution in [-0.2, 0) is 14.8 Å². The number of nitrogens with one attached hydrogen (secondary N) is 2. The van der Waals surface area contributed by atoms with Crippen molar-refractivity contribution in [2.75, 3.05) is 49.5 Å². The normalized spacial score (nSPS) is 15.1. The summed E-state index contributed by atoms with van der Waals surface area (Å²) in [4.78, 5) is 15.9. The van der Waals surface area contributed by atoms with Gasteiger partial charge >= 0.3 is 0 Å². The monoisotopic (exact) mass is 448 g/mol. The maximum absolute atomic E-state index is 13.1. The highest BCUT2D eigenvalue weighted by atomic mass is 32.2. The third kappa shape index (κ3) is 6.49. The molecule has 0 spiro atoms. The van der Waals surface area contributed by atoms with Crippen LogP contribution in [0.25, 0.3) is 0 Å². The predicted molar refractivity (Wildman–Crippen MR) is 120 cm³/mol. The van der Waals surface area contributed by atoms with Crippen molar-refractivity contribution in [2.24, 2.45) is 0 Å². The lowest BCUT2D eigenvalue weighted by molar-refractivity contribution is -0.114. The molecule has 1 heterocycles. The number of aryl methyl sites for hydroxylation is 1. The SMILES string of the molecule is CC(=O)Nc1ccc(S(=O)(=O)NCCCN2CCN(c3ccc(F)cc3)CC2)c(C)c1. The molecular formula is C22H29FN4O3S. The maximum atomic E-state index is 13.1. The molecule has 31 heavy (non-hydrogen) atoms. The summed E-state index contributed by atoms with van der Waals surface area (Å²) in [7, 11) is -3.61. The van der Waals surface area contributed by atoms with Crippen LogP contribution in [0.5, 0.6) is 0 Å². The van der Waals surface area contributed by atoms with Crippen LogP contribution in [0, 0.1) is 12.7 Å². The van der Waals surface area contributed by atoms with E-state index in [1.165, 1.54) is 25.1 Å². The molecular weight excluding hydrogens is 419 g/mol. The third-order valence-electron chi connectivity index (χ3n) is 5.29. The molecule has 1 amide bonds. The zero-order chi connectivity index (χ0) is 22.4. The number of amides is 1. The van der Waals surface area contributed by atoms with Crippen LogP contribution >= 0.6 is 0 Å². The van der Waals surface area contributed by atoms with Crippen molar-refractivity contribution in [2.45, 2.75) is 25.2 Å². The standard InChI is InChI=1S/C22H29FN4O3S/c1-17-16-20(25-18(2)28)6-9-22(17)31(29,30)24-10-3-11-26-12-14-27(15-13-26)21-7-4-19(23)5-8-21/h4-9,16,24H,3,10-15H2,1-2H3,(H,25,28). The van der Waals surface area contributed by atoms with Crippen molar-refractivity contribution in [3.8, 4) is 0 Å². The summed E-state index contributed by atoms with van der Waals surface area (Å²) in [6, 6.07) is 11.3. The quantitative estimate of drug-likeness (QED) is 0.607. The molecule has 7 nitrogen and oxygen atoms in total. The minimum Gasteiger partial charge on any atom is -0.369 e. The highest BCUT2D eigenvalue weighted by Gasteiger charge is 2.19. The van der Waals surface area contributed by atoms with Gasteiger partial charge in [0.2, 0.25) is 15.9 Å². The Hall–Kier alpha value is -2.49. The molecule has 0 aromatic heterocycles. The van der Waals surface area contributed by atoms with Gasteiger partial charge in [-0.25, -0.2) is 17.5 Å². The van der Waals surface area contributed by atoms with Gasteiger partial charge in [0.25, 0.3) is 0 Å². The largest absolute Gasteiger partial charge is 0.369 e. The number of carbonyl (C=O) groups excluding carboxylic acids is 1. The molecule has 1 aliphatic heterocycles. The predicted octanol–water partition coefficient (Wildman–Crippen LogP) is 2.58. The Morgan fingerprint density at radius 3 is 2.35 bits per heavy atom. The number of hydrogen-bond donors (Lipinski definition) is 2. The molecule has 1 saturated heterocycles. The van der Waals surface area contributed by atoms with Crippen molar-refractivity contribution in [3.63, 3.8) is 0 Å². The van der Waals surface area contributed by atoms with Gasteiger partial charge < -0.3 is 10.2 Å². The van der Waals surface area contributed by atoms with Gasteiger partial charge in [0, 0.05) is 51.0 Å². The molecule has 1 aliphatic rings. The van der Waals surface area contributed by atoms with E-state index in [0.29, 0.717) is 24.2 Å². The van der Waals surface area contributed by atoms with Crippen molar-refractivity contribution >= 4 is 27.3 Å². The Kier molecular flexibility index (Phi) is 7.64. The van der Waals surface area contributed by atoms with Gasteiger partial charge in [0.15, 0.2) is 0 Å². The average Bonchev–Trinajstić information content (AvgIpc) is 2.72. The van der Waals surface area contributed by atoms with E-state index in [2.05, 4.69) is 19.8 Å². The fraction of sp³-hybridized carbons (Fsp3) is 0.409. The Bertz CT molecular complexity index is 1000. The number of sulfonamides is 1. The Labute approximate surface area is 183 Å². The van der Waals surface area contributed by atoms with E-state index in [4.69, 9.17) is 0 Å². The zero-order valence-electron chi connectivity index (χ0n) is 17.9. The second kappa shape index (κ2) is 10.2. The van der Waals surface area contributed by atoms with Crippen molar-refractivity contribution in [1.29, 1.82) is 0 Å². The molecule has 0 unspecified atom stereocenters. The van der Waals surface area contributed by atoms with Crippen LogP contribution in [0.2, 0.25) is 0 Å². The maximum Gasteiger partial charge on any atom is 0.240 e. The summed E-state index contributed by atoms with van der Waals surface area (Å²) in [6.07, 6.45) is 0.707. The lowest BCUT2D eigenvalue weighted by Gasteiger charge is -2.36. The van der Waals surface area contributed by atoms with Gasteiger partial charge in [-0.1, -0.05) is 0 Å². The number of rotatable bonds is 8. The van der Waals surface area contributed by atoms with Gasteiger partial charge in [0.1, 0.15) is 5.82 Å². The molecule has 0 saturated carbocycles. The first-order chi connectivity index (χ1) is 14.7. The molecule has 0 aliphatic carbocycles. The topological polar surface area (TPSA) is 81.7 Å². The van der Waals surface area contributed by atoms with Crippen molar-refractivity contribution in [1.82, 2.24) is 9.62 Å². The molecule has 9 heteroatoms. The average molecular weight is 449 g/mol. The zero-order valence-corrected chi connectivity index (χ0v) is 18.7. The molecule has 2 N–H and O–H groups in total. The smallest absolute Gasteiger partial charge is 0.240 e. The summed E-state index contributed by atoms with van der Waals surface area (Å²) in [5.74, 6) is -0.435. The molecule has 0 atom stereocenters. The first-order valence-corrected chi connectivity index (χ1v) is 11.8. The molecule has 2 aromatic carbocycles. The van der Waals surface area contributed by atoms with E-state index in [9.17, 15) is 17.6 Å². The van der Waals surface area contributed by atoms with E-state index in [-0.39, 0.29) is 16.6 Å². The van der Waals surface area contributed by atoms with Gasteiger partial charge in [0.05, 0.1) is 4.90 Å². The highest BCUT2D eigenvalue weighted by Crippen LogP contribution is 2.20. The fourth-order valence-electron chi connectivity index (χ4n) is 3.70.